The summed E-state index contributed by atoms with van der Waals surface area (Å²) in [5.41, 5.74) is 0.0800. The first-order valence-electron chi connectivity index (χ1n) is 3.52. The lowest BCUT2D eigenvalue weighted by Gasteiger charge is -2.05. The van der Waals surface area contributed by atoms with Crippen LogP contribution in [0.2, 0.25) is 0 Å². The van der Waals surface area contributed by atoms with E-state index in [-0.39, 0.29) is 18.8 Å². The predicted octanol–water partition coefficient (Wildman–Crippen LogP) is 0.603. The molecule has 6 heteroatoms. The summed E-state index contributed by atoms with van der Waals surface area (Å²) < 4.78 is 35.0. The molecule has 0 saturated carbocycles. The molecule has 0 spiro atoms. The molecule has 0 aliphatic rings. The molecule has 0 aromatic rings. The fourth-order valence-electron chi connectivity index (χ4n) is 0.583. The summed E-state index contributed by atoms with van der Waals surface area (Å²) in [7, 11) is 0. The van der Waals surface area contributed by atoms with Gasteiger partial charge in [0, 0.05) is 18.3 Å². The van der Waals surface area contributed by atoms with Crippen LogP contribution in [0.1, 0.15) is 6.92 Å². The van der Waals surface area contributed by atoms with E-state index < -0.39 is 12.0 Å². The van der Waals surface area contributed by atoms with Crippen LogP contribution in [0.25, 0.3) is 0 Å². The second kappa shape index (κ2) is 4.86. The highest BCUT2D eigenvalue weighted by Crippen LogP contribution is 2.16. The highest BCUT2D eigenvalue weighted by Gasteiger charge is 2.36. The second-order valence-electron chi connectivity index (χ2n) is 2.34. The highest BCUT2D eigenvalue weighted by atomic mass is 19.4. The zero-order valence-corrected chi connectivity index (χ0v) is 6.98. The summed E-state index contributed by atoms with van der Waals surface area (Å²) in [5.74, 6) is -1.91. The predicted molar refractivity (Wildman–Crippen MR) is 39.9 cm³/mol. The maximum atomic E-state index is 11.7. The van der Waals surface area contributed by atoms with Gasteiger partial charge in [-0.2, -0.15) is 13.2 Å². The van der Waals surface area contributed by atoms with E-state index in [0.717, 1.165) is 0 Å². The molecule has 0 aliphatic heterocycles. The number of carbonyl (C=O) groups excluding carboxylic acids is 1. The van der Waals surface area contributed by atoms with Crippen molar-refractivity contribution in [1.29, 1.82) is 0 Å². The van der Waals surface area contributed by atoms with E-state index in [1.54, 1.807) is 0 Å². The maximum Gasteiger partial charge on any atom is 0.454 e. The van der Waals surface area contributed by atoms with Gasteiger partial charge in [0.2, 0.25) is 0 Å². The fraction of sp³-hybridized carbons (Fsp3) is 0.571. The molecule has 2 N–H and O–H groups in total. The average Bonchev–Trinajstić information content (AvgIpc) is 1.99. The number of hydrogen-bond acceptors (Lipinski definition) is 3. The van der Waals surface area contributed by atoms with Gasteiger partial charge in [0.1, 0.15) is 0 Å². The lowest BCUT2D eigenvalue weighted by atomic mass is 10.3. The number of halogens is 3. The Morgan fingerprint density at radius 1 is 1.54 bits per heavy atom. The molecule has 0 aromatic carbocycles. The number of aliphatic hydroxyl groups is 1. The minimum absolute atomic E-state index is 0.0800. The van der Waals surface area contributed by atoms with Crippen LogP contribution in [-0.4, -0.2) is 30.2 Å². The van der Waals surface area contributed by atoms with Crippen LogP contribution in [-0.2, 0) is 4.79 Å². The average molecular weight is 197 g/mol. The third-order valence-corrected chi connectivity index (χ3v) is 1.14. The van der Waals surface area contributed by atoms with Gasteiger partial charge in [-0.15, -0.1) is 0 Å². The Kier molecular flexibility index (Phi) is 4.47. The summed E-state index contributed by atoms with van der Waals surface area (Å²) in [6, 6.07) is 0. The van der Waals surface area contributed by atoms with Gasteiger partial charge in [-0.1, -0.05) is 0 Å². The number of ketones is 1. The van der Waals surface area contributed by atoms with Crippen LogP contribution < -0.4 is 5.32 Å². The molecular weight excluding hydrogens is 187 g/mol. The first-order chi connectivity index (χ1) is 5.88. The molecule has 0 radical (unpaired) electrons. The van der Waals surface area contributed by atoms with Crippen molar-refractivity contribution in [1.82, 2.24) is 5.32 Å². The van der Waals surface area contributed by atoms with Crippen LogP contribution in [0.3, 0.4) is 0 Å². The van der Waals surface area contributed by atoms with Crippen molar-refractivity contribution in [2.75, 3.05) is 13.2 Å². The SMILES string of the molecule is C/C(=C\C(=O)C(F)(F)F)NCCO. The van der Waals surface area contributed by atoms with Gasteiger partial charge in [-0.05, 0) is 6.92 Å². The van der Waals surface area contributed by atoms with E-state index in [1.807, 2.05) is 0 Å². The minimum Gasteiger partial charge on any atom is -0.395 e. The molecule has 0 aromatic heterocycles. The largest absolute Gasteiger partial charge is 0.454 e. The molecule has 0 rings (SSSR count). The van der Waals surface area contributed by atoms with Crippen LogP contribution in [0, 0.1) is 0 Å². The normalized spacial score (nSPS) is 12.8. The summed E-state index contributed by atoms with van der Waals surface area (Å²) >= 11 is 0. The van der Waals surface area contributed by atoms with E-state index in [4.69, 9.17) is 5.11 Å². The van der Waals surface area contributed by atoms with Gasteiger partial charge in [0.25, 0.3) is 5.78 Å². The summed E-state index contributed by atoms with van der Waals surface area (Å²) in [4.78, 5) is 10.3. The Balaban J connectivity index is 4.15. The molecule has 0 atom stereocenters. The van der Waals surface area contributed by atoms with Crippen molar-refractivity contribution in [2.45, 2.75) is 13.1 Å². The molecule has 0 aliphatic carbocycles. The van der Waals surface area contributed by atoms with Crippen molar-refractivity contribution >= 4 is 5.78 Å². The number of hydrogen-bond donors (Lipinski definition) is 2. The maximum absolute atomic E-state index is 11.7. The van der Waals surface area contributed by atoms with E-state index in [1.165, 1.54) is 6.92 Å². The Morgan fingerprint density at radius 3 is 2.46 bits per heavy atom. The molecule has 0 fully saturated rings. The number of carbonyl (C=O) groups is 1. The number of nitrogens with one attached hydrogen (secondary N) is 1. The monoisotopic (exact) mass is 197 g/mol. The van der Waals surface area contributed by atoms with Gasteiger partial charge in [0.05, 0.1) is 6.61 Å². The van der Waals surface area contributed by atoms with Gasteiger partial charge >= 0.3 is 6.18 Å². The molecule has 3 nitrogen and oxygen atoms in total. The summed E-state index contributed by atoms with van der Waals surface area (Å²) in [5, 5.41) is 10.7. The molecule has 0 unspecified atom stereocenters. The van der Waals surface area contributed by atoms with Crippen molar-refractivity contribution in [3.63, 3.8) is 0 Å². The molecule has 0 heterocycles. The molecule has 13 heavy (non-hydrogen) atoms. The second-order valence-corrected chi connectivity index (χ2v) is 2.34. The smallest absolute Gasteiger partial charge is 0.395 e. The van der Waals surface area contributed by atoms with Crippen molar-refractivity contribution in [3.8, 4) is 0 Å². The van der Waals surface area contributed by atoms with E-state index in [9.17, 15) is 18.0 Å². The zero-order valence-electron chi connectivity index (χ0n) is 6.98. The zero-order chi connectivity index (χ0) is 10.5. The molecule has 0 bridgehead atoms. The minimum atomic E-state index is -4.83. The number of alkyl halides is 3. The first kappa shape index (κ1) is 12.0. The van der Waals surface area contributed by atoms with Gasteiger partial charge in [-0.25, -0.2) is 0 Å². The summed E-state index contributed by atoms with van der Waals surface area (Å²) in [6.07, 6.45) is -4.38. The number of allylic oxidation sites excluding steroid dienone is 2. The highest BCUT2D eigenvalue weighted by molar-refractivity contribution is 5.94. The molecule has 0 amide bonds. The standard InChI is InChI=1S/C7H10F3NO2/c1-5(11-2-3-12)4-6(13)7(8,9)10/h4,11-12H,2-3H2,1H3/b5-4+. The van der Waals surface area contributed by atoms with E-state index >= 15 is 0 Å². The fourth-order valence-corrected chi connectivity index (χ4v) is 0.583. The molecule has 0 saturated heterocycles. The Labute approximate surface area is 73.2 Å². The van der Waals surface area contributed by atoms with Crippen molar-refractivity contribution < 1.29 is 23.1 Å². The van der Waals surface area contributed by atoms with Crippen molar-refractivity contribution in [3.05, 3.63) is 11.8 Å². The third kappa shape index (κ3) is 5.24. The first-order valence-corrected chi connectivity index (χ1v) is 3.52. The van der Waals surface area contributed by atoms with Gasteiger partial charge < -0.3 is 10.4 Å². The lowest BCUT2D eigenvalue weighted by molar-refractivity contribution is -0.165. The number of rotatable bonds is 4. The van der Waals surface area contributed by atoms with Crippen LogP contribution >= 0.6 is 0 Å². The van der Waals surface area contributed by atoms with Gasteiger partial charge in [0.15, 0.2) is 0 Å². The molecular formula is C7H10F3NO2. The summed E-state index contributed by atoms with van der Waals surface area (Å²) in [6.45, 7) is 1.23. The Morgan fingerprint density at radius 2 is 2.08 bits per heavy atom. The van der Waals surface area contributed by atoms with Gasteiger partial charge in [-0.3, -0.25) is 4.79 Å². The number of aliphatic hydroxyl groups excluding tert-OH is 1. The Bertz CT molecular complexity index is 210. The van der Waals surface area contributed by atoms with Crippen LogP contribution in [0.5, 0.6) is 0 Å². The Hall–Kier alpha value is -1.04. The van der Waals surface area contributed by atoms with Crippen LogP contribution in [0.4, 0.5) is 13.2 Å². The molecule has 76 valence electrons. The lowest BCUT2D eigenvalue weighted by Crippen LogP contribution is -2.23. The third-order valence-electron chi connectivity index (χ3n) is 1.14. The van der Waals surface area contributed by atoms with Crippen molar-refractivity contribution in [2.24, 2.45) is 0 Å². The van der Waals surface area contributed by atoms with E-state index in [0.29, 0.717) is 6.08 Å². The topological polar surface area (TPSA) is 49.3 Å². The van der Waals surface area contributed by atoms with E-state index in [2.05, 4.69) is 5.32 Å². The quantitative estimate of drug-likeness (QED) is 0.649. The van der Waals surface area contributed by atoms with Crippen LogP contribution in [0.15, 0.2) is 11.8 Å².